The van der Waals surface area contributed by atoms with Crippen molar-refractivity contribution in [2.45, 2.75) is 6.92 Å². The molecule has 18 heavy (non-hydrogen) atoms. The summed E-state index contributed by atoms with van der Waals surface area (Å²) < 4.78 is 9.80. The Morgan fingerprint density at radius 2 is 2.22 bits per heavy atom. The Balaban J connectivity index is 2.52. The summed E-state index contributed by atoms with van der Waals surface area (Å²) in [5.74, 6) is -0.537. The minimum absolute atomic E-state index is 0.171. The summed E-state index contributed by atoms with van der Waals surface area (Å²) in [4.78, 5) is 18.0. The lowest BCUT2D eigenvalue weighted by molar-refractivity contribution is -0.135. The number of esters is 1. The number of oxime groups is 1. The van der Waals surface area contributed by atoms with Crippen LogP contribution in [-0.4, -0.2) is 49.5 Å². The predicted octanol–water partition coefficient (Wildman–Crippen LogP) is 0.249. The van der Waals surface area contributed by atoms with Crippen LogP contribution in [0.4, 0.5) is 0 Å². The van der Waals surface area contributed by atoms with Gasteiger partial charge in [-0.25, -0.2) is 4.79 Å². The first-order chi connectivity index (χ1) is 8.69. The quantitative estimate of drug-likeness (QED) is 0.302. The molecule has 1 rings (SSSR count). The number of hydrogen-bond acceptors (Lipinski definition) is 7. The maximum absolute atomic E-state index is 11.2. The number of hydrogen-bond donors (Lipinski definition) is 0. The van der Waals surface area contributed by atoms with Crippen LogP contribution in [-0.2, 0) is 19.1 Å². The molecule has 0 aromatic carbocycles. The van der Waals surface area contributed by atoms with Gasteiger partial charge in [0.2, 0.25) is 5.88 Å². The van der Waals surface area contributed by atoms with Gasteiger partial charge in [-0.2, -0.15) is 5.26 Å². The normalized spacial score (nSPS) is 15.8. The second kappa shape index (κ2) is 7.29. The van der Waals surface area contributed by atoms with Crippen LogP contribution in [0.3, 0.4) is 0 Å². The molecule has 1 aliphatic heterocycles. The van der Waals surface area contributed by atoms with E-state index < -0.39 is 11.7 Å². The van der Waals surface area contributed by atoms with Crippen LogP contribution in [0.25, 0.3) is 0 Å². The molecule has 0 amide bonds. The summed E-state index contributed by atoms with van der Waals surface area (Å²) in [5.41, 5.74) is -0.439. The van der Waals surface area contributed by atoms with Crippen molar-refractivity contribution >= 4 is 11.7 Å². The van der Waals surface area contributed by atoms with Crippen molar-refractivity contribution in [3.63, 3.8) is 0 Å². The lowest BCUT2D eigenvalue weighted by atomic mass is 10.4. The van der Waals surface area contributed by atoms with Crippen molar-refractivity contribution in [3.05, 3.63) is 12.5 Å². The highest BCUT2D eigenvalue weighted by atomic mass is 16.6. The Kier molecular flexibility index (Phi) is 5.67. The average Bonchev–Trinajstić information content (AvgIpc) is 2.40. The summed E-state index contributed by atoms with van der Waals surface area (Å²) in [5, 5.41) is 12.2. The van der Waals surface area contributed by atoms with E-state index in [9.17, 15) is 4.79 Å². The van der Waals surface area contributed by atoms with Gasteiger partial charge in [0.15, 0.2) is 0 Å². The first-order valence-corrected chi connectivity index (χ1v) is 5.52. The van der Waals surface area contributed by atoms with Crippen LogP contribution >= 0.6 is 0 Å². The molecule has 0 N–H and O–H groups in total. The maximum atomic E-state index is 11.2. The Bertz CT molecular complexity index is 380. The van der Waals surface area contributed by atoms with Crippen LogP contribution in [0.5, 0.6) is 0 Å². The Hall–Kier alpha value is -2.07. The molecule has 0 unspecified atom stereocenters. The number of carbonyl (C=O) groups excluding carboxylic acids is 1. The van der Waals surface area contributed by atoms with Gasteiger partial charge in [-0.05, 0) is 13.5 Å². The molecule has 1 heterocycles. The zero-order valence-electron chi connectivity index (χ0n) is 10.2. The van der Waals surface area contributed by atoms with Crippen molar-refractivity contribution in [2.24, 2.45) is 5.16 Å². The lowest BCUT2D eigenvalue weighted by Crippen LogP contribution is -2.35. The average molecular weight is 253 g/mol. The van der Waals surface area contributed by atoms with E-state index in [4.69, 9.17) is 14.8 Å². The fraction of sp³-hybridized carbons (Fsp3) is 0.545. The van der Waals surface area contributed by atoms with E-state index in [1.165, 1.54) is 0 Å². The molecule has 98 valence electrons. The van der Waals surface area contributed by atoms with E-state index >= 15 is 0 Å². The standard InChI is InChI=1S/C11H15N3O4/c1-3-17-11(15)10(8-12)13-18-9(2)14-4-6-16-7-5-14/h2-7H2,1H3/b13-10+. The van der Waals surface area contributed by atoms with Gasteiger partial charge in [0.1, 0.15) is 6.07 Å². The molecule has 0 radical (unpaired) electrons. The number of ether oxygens (including phenoxy) is 2. The molecule has 0 aliphatic carbocycles. The summed E-state index contributed by atoms with van der Waals surface area (Å²) >= 11 is 0. The highest BCUT2D eigenvalue weighted by Crippen LogP contribution is 2.07. The fourth-order valence-electron chi connectivity index (χ4n) is 1.27. The third kappa shape index (κ3) is 4.07. The Labute approximate surface area is 105 Å². The minimum Gasteiger partial charge on any atom is -0.461 e. The van der Waals surface area contributed by atoms with Gasteiger partial charge in [-0.3, -0.25) is 0 Å². The van der Waals surface area contributed by atoms with Crippen LogP contribution in [0.15, 0.2) is 17.6 Å². The number of rotatable bonds is 5. The predicted molar refractivity (Wildman–Crippen MR) is 62.3 cm³/mol. The van der Waals surface area contributed by atoms with E-state index in [2.05, 4.69) is 16.5 Å². The summed E-state index contributed by atoms with van der Waals surface area (Å²) in [6.07, 6.45) is 0. The van der Waals surface area contributed by atoms with E-state index in [1.807, 2.05) is 4.90 Å². The second-order valence-corrected chi connectivity index (χ2v) is 3.36. The van der Waals surface area contributed by atoms with Crippen molar-refractivity contribution in [1.29, 1.82) is 5.26 Å². The molecule has 1 fully saturated rings. The van der Waals surface area contributed by atoms with Gasteiger partial charge in [0.05, 0.1) is 19.8 Å². The molecule has 0 spiro atoms. The van der Waals surface area contributed by atoms with Gasteiger partial charge in [-0.15, -0.1) is 0 Å². The molecule has 0 aromatic rings. The van der Waals surface area contributed by atoms with E-state index in [0.717, 1.165) is 0 Å². The van der Waals surface area contributed by atoms with Gasteiger partial charge >= 0.3 is 5.97 Å². The van der Waals surface area contributed by atoms with Crippen molar-refractivity contribution in [2.75, 3.05) is 32.9 Å². The van der Waals surface area contributed by atoms with Crippen LogP contribution in [0.1, 0.15) is 6.92 Å². The lowest BCUT2D eigenvalue weighted by Gasteiger charge is -2.27. The van der Waals surface area contributed by atoms with Crippen molar-refractivity contribution < 1.29 is 19.1 Å². The highest BCUT2D eigenvalue weighted by molar-refractivity contribution is 6.42. The second-order valence-electron chi connectivity index (χ2n) is 3.36. The highest BCUT2D eigenvalue weighted by Gasteiger charge is 2.16. The van der Waals surface area contributed by atoms with Crippen LogP contribution in [0.2, 0.25) is 0 Å². The maximum Gasteiger partial charge on any atom is 0.371 e. The van der Waals surface area contributed by atoms with E-state index in [1.54, 1.807) is 13.0 Å². The third-order valence-corrected chi connectivity index (χ3v) is 2.18. The molecule has 1 saturated heterocycles. The SMILES string of the molecule is C=C(O/N=C(\C#N)C(=O)OCC)N1CCOCC1. The van der Waals surface area contributed by atoms with Gasteiger partial charge < -0.3 is 19.2 Å². The summed E-state index contributed by atoms with van der Waals surface area (Å²) in [7, 11) is 0. The van der Waals surface area contributed by atoms with E-state index in [0.29, 0.717) is 26.3 Å². The molecule has 1 aliphatic rings. The Morgan fingerprint density at radius 3 is 2.78 bits per heavy atom. The summed E-state index contributed by atoms with van der Waals surface area (Å²) in [6.45, 7) is 7.91. The number of nitriles is 1. The van der Waals surface area contributed by atoms with Gasteiger partial charge in [0.25, 0.3) is 5.71 Å². The molecule has 0 saturated carbocycles. The smallest absolute Gasteiger partial charge is 0.371 e. The number of morpholine rings is 1. The van der Waals surface area contributed by atoms with Crippen LogP contribution in [0, 0.1) is 11.3 Å². The topological polar surface area (TPSA) is 84.1 Å². The zero-order chi connectivity index (χ0) is 13.4. The molecular formula is C11H15N3O4. The monoisotopic (exact) mass is 253 g/mol. The molecule has 0 bridgehead atoms. The molecule has 0 atom stereocenters. The van der Waals surface area contributed by atoms with E-state index in [-0.39, 0.29) is 12.5 Å². The fourth-order valence-corrected chi connectivity index (χ4v) is 1.27. The van der Waals surface area contributed by atoms with Crippen LogP contribution < -0.4 is 0 Å². The molecule has 0 aromatic heterocycles. The molecule has 7 nitrogen and oxygen atoms in total. The largest absolute Gasteiger partial charge is 0.461 e. The van der Waals surface area contributed by atoms with Crippen molar-refractivity contribution in [3.8, 4) is 6.07 Å². The first-order valence-electron chi connectivity index (χ1n) is 5.52. The minimum atomic E-state index is -0.810. The molecular weight excluding hydrogens is 238 g/mol. The number of nitrogens with zero attached hydrogens (tertiary/aromatic N) is 3. The van der Waals surface area contributed by atoms with Gasteiger partial charge in [0, 0.05) is 13.1 Å². The zero-order valence-corrected chi connectivity index (χ0v) is 10.2. The third-order valence-electron chi connectivity index (χ3n) is 2.18. The Morgan fingerprint density at radius 1 is 1.56 bits per heavy atom. The molecule has 7 heteroatoms. The summed E-state index contributed by atoms with van der Waals surface area (Å²) in [6, 6.07) is 1.61. The van der Waals surface area contributed by atoms with Gasteiger partial charge in [-0.1, -0.05) is 5.16 Å². The number of carbonyl (C=O) groups is 1. The first kappa shape index (κ1) is 14.0. The van der Waals surface area contributed by atoms with Crippen molar-refractivity contribution in [1.82, 2.24) is 4.90 Å².